The van der Waals surface area contributed by atoms with Crippen LogP contribution < -0.4 is 0 Å². The van der Waals surface area contributed by atoms with Gasteiger partial charge >= 0.3 is 0 Å². The molecule has 1 aromatic heterocycles. The van der Waals surface area contributed by atoms with Crippen molar-refractivity contribution in [3.63, 3.8) is 0 Å². The van der Waals surface area contributed by atoms with Gasteiger partial charge in [-0.1, -0.05) is 48.5 Å². The van der Waals surface area contributed by atoms with Gasteiger partial charge < -0.3 is 9.47 Å². The van der Waals surface area contributed by atoms with Gasteiger partial charge in [-0.3, -0.25) is 4.79 Å². The molecule has 0 amide bonds. The zero-order valence-corrected chi connectivity index (χ0v) is 16.5. The second-order valence-electron chi connectivity index (χ2n) is 7.67. The number of Topliss-reactive ketones (excluding diaryl/α,β-unsaturated/α-hetero) is 1. The molecule has 2 heterocycles. The molecule has 0 saturated carbocycles. The normalized spacial score (nSPS) is 16.4. The number of allylic oxidation sites excluding steroid dienone is 2. The van der Waals surface area contributed by atoms with Crippen molar-refractivity contribution in [2.75, 3.05) is 20.6 Å². The lowest BCUT2D eigenvalue weighted by Crippen LogP contribution is -2.16. The summed E-state index contributed by atoms with van der Waals surface area (Å²) in [5.41, 5.74) is 7.02. The molecule has 138 valence electrons. The predicted octanol–water partition coefficient (Wildman–Crippen LogP) is 4.71. The van der Waals surface area contributed by atoms with Gasteiger partial charge in [0.25, 0.3) is 0 Å². The molecule has 2 aromatic carbocycles. The lowest BCUT2D eigenvalue weighted by atomic mass is 9.85. The van der Waals surface area contributed by atoms with E-state index in [4.69, 9.17) is 0 Å². The summed E-state index contributed by atoms with van der Waals surface area (Å²) in [7, 11) is 4.22. The van der Waals surface area contributed by atoms with Gasteiger partial charge in [0.15, 0.2) is 5.78 Å². The lowest BCUT2D eigenvalue weighted by Gasteiger charge is -2.17. The number of aromatic nitrogens is 1. The fraction of sp³-hybridized carbons (Fsp3) is 0.292. The average Bonchev–Trinajstić information content (AvgIpc) is 3.13. The van der Waals surface area contributed by atoms with Crippen LogP contribution in [0.25, 0.3) is 16.6 Å². The van der Waals surface area contributed by atoms with Crippen LogP contribution in [0.2, 0.25) is 0 Å². The smallest absolute Gasteiger partial charge is 0.158 e. The highest BCUT2D eigenvalue weighted by atomic mass is 16.1. The topological polar surface area (TPSA) is 25.2 Å². The van der Waals surface area contributed by atoms with Gasteiger partial charge in [-0.15, -0.1) is 0 Å². The Labute approximate surface area is 160 Å². The highest BCUT2D eigenvalue weighted by Gasteiger charge is 2.37. The second kappa shape index (κ2) is 6.82. The SMILES string of the molecule is CC(=O)C1=C(C)n2c(c(CCN(C)C)c3ccccc32)C1c1ccccc1. The van der Waals surface area contributed by atoms with Crippen LogP contribution in [0.15, 0.2) is 60.2 Å². The predicted molar refractivity (Wildman–Crippen MR) is 112 cm³/mol. The Morgan fingerprint density at radius 2 is 1.70 bits per heavy atom. The summed E-state index contributed by atoms with van der Waals surface area (Å²) in [6.07, 6.45) is 0.970. The van der Waals surface area contributed by atoms with E-state index >= 15 is 0 Å². The molecule has 0 N–H and O–H groups in total. The number of nitrogens with zero attached hydrogens (tertiary/aromatic N) is 2. The molecular weight excluding hydrogens is 332 g/mol. The third-order valence-corrected chi connectivity index (χ3v) is 5.63. The number of fused-ring (bicyclic) bond motifs is 3. The number of hydrogen-bond donors (Lipinski definition) is 0. The number of benzene rings is 2. The molecule has 0 saturated heterocycles. The van der Waals surface area contributed by atoms with Gasteiger partial charge in [-0.2, -0.15) is 0 Å². The Bertz CT molecular complexity index is 1040. The van der Waals surface area contributed by atoms with Crippen molar-refractivity contribution in [2.45, 2.75) is 26.2 Å². The maximum atomic E-state index is 12.6. The van der Waals surface area contributed by atoms with Crippen LogP contribution in [0.3, 0.4) is 0 Å². The van der Waals surface area contributed by atoms with Crippen molar-refractivity contribution in [1.29, 1.82) is 0 Å². The van der Waals surface area contributed by atoms with E-state index in [1.165, 1.54) is 27.7 Å². The van der Waals surface area contributed by atoms with E-state index in [2.05, 4.69) is 79.0 Å². The van der Waals surface area contributed by atoms with E-state index in [1.54, 1.807) is 6.92 Å². The minimum Gasteiger partial charge on any atom is -0.316 e. The number of hydrogen-bond acceptors (Lipinski definition) is 2. The molecule has 0 fully saturated rings. The summed E-state index contributed by atoms with van der Waals surface area (Å²) >= 11 is 0. The molecule has 3 nitrogen and oxygen atoms in total. The van der Waals surface area contributed by atoms with Crippen LogP contribution in [0, 0.1) is 0 Å². The molecule has 3 heteroatoms. The first-order valence-corrected chi connectivity index (χ1v) is 9.54. The Kier molecular flexibility index (Phi) is 4.48. The van der Waals surface area contributed by atoms with Crippen LogP contribution in [0.1, 0.15) is 36.6 Å². The van der Waals surface area contributed by atoms with Gasteiger partial charge in [-0.05, 0) is 51.6 Å². The Morgan fingerprint density at radius 3 is 2.37 bits per heavy atom. The standard InChI is InChI=1S/C24H26N2O/c1-16-22(17(2)27)23(18-10-6-5-7-11-18)24-20(14-15-25(3)4)19-12-8-9-13-21(19)26(16)24/h5-13,23H,14-15H2,1-4H3. The van der Waals surface area contributed by atoms with Crippen LogP contribution in [-0.4, -0.2) is 35.9 Å². The van der Waals surface area contributed by atoms with Crippen molar-refractivity contribution in [1.82, 2.24) is 9.47 Å². The van der Waals surface area contributed by atoms with Crippen molar-refractivity contribution >= 4 is 22.4 Å². The summed E-state index contributed by atoms with van der Waals surface area (Å²) in [5, 5.41) is 1.30. The number of para-hydroxylation sites is 1. The molecule has 27 heavy (non-hydrogen) atoms. The number of likely N-dealkylation sites (N-methyl/N-ethyl adjacent to an activating group) is 1. The Hall–Kier alpha value is -2.65. The highest BCUT2D eigenvalue weighted by Crippen LogP contribution is 2.47. The van der Waals surface area contributed by atoms with Gasteiger partial charge in [0, 0.05) is 28.9 Å². The summed E-state index contributed by atoms with van der Waals surface area (Å²) in [4.78, 5) is 14.9. The number of carbonyl (C=O) groups excluding carboxylic acids is 1. The first kappa shape index (κ1) is 17.7. The quantitative estimate of drug-likeness (QED) is 0.660. The van der Waals surface area contributed by atoms with Crippen LogP contribution in [0.5, 0.6) is 0 Å². The van der Waals surface area contributed by atoms with Crippen molar-refractivity contribution in [2.24, 2.45) is 0 Å². The summed E-state index contributed by atoms with van der Waals surface area (Å²) in [6, 6.07) is 19.0. The molecule has 1 aliphatic rings. The third-order valence-electron chi connectivity index (χ3n) is 5.63. The van der Waals surface area contributed by atoms with Gasteiger partial charge in [-0.25, -0.2) is 0 Å². The number of rotatable bonds is 5. The van der Waals surface area contributed by atoms with Crippen molar-refractivity contribution in [3.8, 4) is 0 Å². The first-order chi connectivity index (χ1) is 13.0. The largest absolute Gasteiger partial charge is 0.316 e. The zero-order valence-electron chi connectivity index (χ0n) is 16.5. The minimum atomic E-state index is 0.00765. The number of ketones is 1. The lowest BCUT2D eigenvalue weighted by molar-refractivity contribution is -0.113. The summed E-state index contributed by atoms with van der Waals surface area (Å²) in [6.45, 7) is 4.77. The van der Waals surface area contributed by atoms with E-state index in [-0.39, 0.29) is 11.7 Å². The van der Waals surface area contributed by atoms with Gasteiger partial charge in [0.05, 0.1) is 11.4 Å². The molecular formula is C24H26N2O. The average molecular weight is 358 g/mol. The van der Waals surface area contributed by atoms with Crippen molar-refractivity contribution in [3.05, 3.63) is 77.0 Å². The Balaban J connectivity index is 2.02. The second-order valence-corrected chi connectivity index (χ2v) is 7.67. The molecule has 0 bridgehead atoms. The first-order valence-electron chi connectivity index (χ1n) is 9.54. The third kappa shape index (κ3) is 2.83. The molecule has 0 spiro atoms. The fourth-order valence-corrected chi connectivity index (χ4v) is 4.48. The highest BCUT2D eigenvalue weighted by molar-refractivity contribution is 6.05. The van der Waals surface area contributed by atoms with Crippen LogP contribution in [0.4, 0.5) is 0 Å². The maximum absolute atomic E-state index is 12.6. The zero-order chi connectivity index (χ0) is 19.1. The fourth-order valence-electron chi connectivity index (χ4n) is 4.48. The monoisotopic (exact) mass is 358 g/mol. The molecule has 0 radical (unpaired) electrons. The van der Waals surface area contributed by atoms with E-state index in [1.807, 2.05) is 6.07 Å². The van der Waals surface area contributed by atoms with Gasteiger partial charge in [0.1, 0.15) is 0 Å². The molecule has 3 aromatic rings. The summed E-state index contributed by atoms with van der Waals surface area (Å²) in [5.74, 6) is 0.168. The van der Waals surface area contributed by atoms with Crippen LogP contribution >= 0.6 is 0 Å². The van der Waals surface area contributed by atoms with E-state index in [9.17, 15) is 4.79 Å². The van der Waals surface area contributed by atoms with E-state index < -0.39 is 0 Å². The Morgan fingerprint density at radius 1 is 1.04 bits per heavy atom. The van der Waals surface area contributed by atoms with Crippen LogP contribution in [-0.2, 0) is 11.2 Å². The molecule has 1 atom stereocenters. The maximum Gasteiger partial charge on any atom is 0.158 e. The minimum absolute atomic E-state index is 0.00765. The molecule has 1 aliphatic heterocycles. The summed E-state index contributed by atoms with van der Waals surface area (Å²) < 4.78 is 2.33. The molecule has 1 unspecified atom stereocenters. The van der Waals surface area contributed by atoms with E-state index in [0.29, 0.717) is 0 Å². The molecule has 0 aliphatic carbocycles. The van der Waals surface area contributed by atoms with E-state index in [0.717, 1.165) is 24.2 Å². The van der Waals surface area contributed by atoms with Gasteiger partial charge in [0.2, 0.25) is 0 Å². The molecule has 4 rings (SSSR count). The van der Waals surface area contributed by atoms with Crippen molar-refractivity contribution < 1.29 is 4.79 Å². The number of carbonyl (C=O) groups is 1.